The molecule has 3 heterocycles. The third-order valence-corrected chi connectivity index (χ3v) is 4.76. The fourth-order valence-electron chi connectivity index (χ4n) is 2.48. The number of nitrogens with zero attached hydrogens (tertiary/aromatic N) is 3. The molecule has 0 saturated carbocycles. The van der Waals surface area contributed by atoms with Crippen LogP contribution in [0.3, 0.4) is 0 Å². The third kappa shape index (κ3) is 4.56. The molecule has 3 aromatic rings. The van der Waals surface area contributed by atoms with Crippen LogP contribution in [0.4, 0.5) is 11.5 Å². The van der Waals surface area contributed by atoms with Gasteiger partial charge in [-0.3, -0.25) is 9.78 Å². The van der Waals surface area contributed by atoms with E-state index in [-0.39, 0.29) is 11.9 Å². The number of pyridine rings is 2. The van der Waals surface area contributed by atoms with Gasteiger partial charge in [-0.25, -0.2) is 9.97 Å². The van der Waals surface area contributed by atoms with Crippen molar-refractivity contribution < 1.29 is 4.79 Å². The van der Waals surface area contributed by atoms with Gasteiger partial charge in [0.25, 0.3) is 5.91 Å². The van der Waals surface area contributed by atoms with Gasteiger partial charge in [-0.1, -0.05) is 24.9 Å². The van der Waals surface area contributed by atoms with E-state index in [0.29, 0.717) is 15.8 Å². The minimum absolute atomic E-state index is 0.172. The maximum atomic E-state index is 12.3. The Balaban J connectivity index is 1.77. The lowest BCUT2D eigenvalue weighted by atomic mass is 10.0. The zero-order valence-electron chi connectivity index (χ0n) is 14.1. The first-order valence-electron chi connectivity index (χ1n) is 8.20. The van der Waals surface area contributed by atoms with Crippen molar-refractivity contribution in [2.75, 3.05) is 5.32 Å². The van der Waals surface area contributed by atoms with Crippen molar-refractivity contribution in [1.82, 2.24) is 20.3 Å². The van der Waals surface area contributed by atoms with E-state index in [1.165, 1.54) is 11.3 Å². The molecule has 0 aliphatic carbocycles. The summed E-state index contributed by atoms with van der Waals surface area (Å²) in [6.07, 6.45) is 8.43. The topological polar surface area (TPSA) is 79.8 Å². The molecule has 3 aromatic heterocycles. The molecule has 0 bridgehead atoms. The van der Waals surface area contributed by atoms with Crippen molar-refractivity contribution in [2.45, 2.75) is 25.8 Å². The Kier molecular flexibility index (Phi) is 6.14. The van der Waals surface area contributed by atoms with E-state index in [0.717, 1.165) is 24.1 Å². The molecule has 0 aliphatic rings. The van der Waals surface area contributed by atoms with E-state index in [4.69, 9.17) is 11.6 Å². The van der Waals surface area contributed by atoms with Crippen molar-refractivity contribution in [3.8, 4) is 0 Å². The summed E-state index contributed by atoms with van der Waals surface area (Å²) in [6, 6.07) is 5.37. The molecule has 3 rings (SSSR count). The Morgan fingerprint density at radius 1 is 1.31 bits per heavy atom. The normalized spacial score (nSPS) is 11.8. The third-order valence-electron chi connectivity index (χ3n) is 3.70. The summed E-state index contributed by atoms with van der Waals surface area (Å²) >= 11 is 7.70. The molecule has 0 radical (unpaired) electrons. The molecule has 1 atom stereocenters. The van der Waals surface area contributed by atoms with Crippen molar-refractivity contribution in [3.05, 3.63) is 64.0 Å². The van der Waals surface area contributed by atoms with Crippen LogP contribution in [0, 0.1) is 0 Å². The van der Waals surface area contributed by atoms with Gasteiger partial charge in [-0.2, -0.15) is 0 Å². The van der Waals surface area contributed by atoms with E-state index in [1.54, 1.807) is 30.2 Å². The lowest BCUT2D eigenvalue weighted by Gasteiger charge is -2.18. The SMILES string of the molecule is CCC[C@@H](NC(=O)c1nccs1)c1cnc(Nc2cccnc2)c(Cl)c1. The Bertz CT molecular complexity index is 857. The highest BCUT2D eigenvalue weighted by molar-refractivity contribution is 7.11. The number of hydrogen-bond donors (Lipinski definition) is 2. The van der Waals surface area contributed by atoms with Crippen LogP contribution in [0.5, 0.6) is 0 Å². The predicted octanol–water partition coefficient (Wildman–Crippen LogP) is 4.60. The molecular weight excluding hydrogens is 370 g/mol. The second-order valence-corrected chi connectivity index (χ2v) is 6.92. The number of aromatic nitrogens is 3. The smallest absolute Gasteiger partial charge is 0.280 e. The molecule has 8 heteroatoms. The fraction of sp³-hybridized carbons (Fsp3) is 0.222. The van der Waals surface area contributed by atoms with Crippen LogP contribution >= 0.6 is 22.9 Å². The number of nitrogens with one attached hydrogen (secondary N) is 2. The second kappa shape index (κ2) is 8.73. The summed E-state index contributed by atoms with van der Waals surface area (Å²) in [6.45, 7) is 2.07. The number of amides is 1. The first kappa shape index (κ1) is 18.3. The standard InChI is InChI=1S/C18H18ClN5OS/c1-2-4-15(24-17(25)18-21-7-8-26-18)12-9-14(19)16(22-10-12)23-13-5-3-6-20-11-13/h3,5-11,15H,2,4H2,1H3,(H,22,23)(H,24,25)/t15-/m1/s1. The van der Waals surface area contributed by atoms with Crippen LogP contribution in [-0.4, -0.2) is 20.9 Å². The quantitative estimate of drug-likeness (QED) is 0.619. The van der Waals surface area contributed by atoms with E-state index < -0.39 is 0 Å². The van der Waals surface area contributed by atoms with Crippen LogP contribution < -0.4 is 10.6 Å². The Labute approximate surface area is 160 Å². The first-order chi connectivity index (χ1) is 12.7. The zero-order chi connectivity index (χ0) is 18.4. The van der Waals surface area contributed by atoms with E-state index in [2.05, 4.69) is 32.5 Å². The minimum Gasteiger partial charge on any atom is -0.343 e. The van der Waals surface area contributed by atoms with Crippen molar-refractivity contribution in [2.24, 2.45) is 0 Å². The molecule has 134 valence electrons. The number of carbonyl (C=O) groups excluding carboxylic acids is 1. The molecule has 1 amide bonds. The summed E-state index contributed by atoms with van der Waals surface area (Å²) in [5.41, 5.74) is 1.66. The van der Waals surface area contributed by atoms with E-state index >= 15 is 0 Å². The molecule has 26 heavy (non-hydrogen) atoms. The highest BCUT2D eigenvalue weighted by atomic mass is 35.5. The van der Waals surface area contributed by atoms with Gasteiger partial charge >= 0.3 is 0 Å². The lowest BCUT2D eigenvalue weighted by Crippen LogP contribution is -2.28. The van der Waals surface area contributed by atoms with Crippen LogP contribution in [0.2, 0.25) is 5.02 Å². The van der Waals surface area contributed by atoms with Crippen LogP contribution in [0.1, 0.15) is 41.2 Å². The van der Waals surface area contributed by atoms with Crippen molar-refractivity contribution in [1.29, 1.82) is 0 Å². The Morgan fingerprint density at radius 2 is 2.19 bits per heavy atom. The summed E-state index contributed by atoms with van der Waals surface area (Å²) < 4.78 is 0. The van der Waals surface area contributed by atoms with Gasteiger partial charge in [-0.15, -0.1) is 11.3 Å². The molecule has 0 unspecified atom stereocenters. The van der Waals surface area contributed by atoms with Gasteiger partial charge in [0.2, 0.25) is 0 Å². The Hall–Kier alpha value is -2.51. The van der Waals surface area contributed by atoms with Gasteiger partial charge in [0.1, 0.15) is 5.82 Å². The molecule has 0 aromatic carbocycles. The van der Waals surface area contributed by atoms with Crippen molar-refractivity contribution in [3.63, 3.8) is 0 Å². The monoisotopic (exact) mass is 387 g/mol. The predicted molar refractivity (Wildman–Crippen MR) is 104 cm³/mol. The molecule has 0 aliphatic heterocycles. The van der Waals surface area contributed by atoms with Crippen LogP contribution in [0.15, 0.2) is 48.4 Å². The summed E-state index contributed by atoms with van der Waals surface area (Å²) in [5, 5.41) is 8.85. The zero-order valence-corrected chi connectivity index (χ0v) is 15.7. The molecule has 0 saturated heterocycles. The molecule has 0 spiro atoms. The number of rotatable bonds is 7. The average molecular weight is 388 g/mol. The molecule has 2 N–H and O–H groups in total. The largest absolute Gasteiger partial charge is 0.343 e. The summed E-state index contributed by atoms with van der Waals surface area (Å²) in [4.78, 5) is 24.8. The number of hydrogen-bond acceptors (Lipinski definition) is 6. The van der Waals surface area contributed by atoms with Crippen LogP contribution in [-0.2, 0) is 0 Å². The molecular formula is C18H18ClN5OS. The summed E-state index contributed by atoms with van der Waals surface area (Å²) in [5.74, 6) is 0.358. The fourth-order valence-corrected chi connectivity index (χ4v) is 3.24. The van der Waals surface area contributed by atoms with E-state index in [1.807, 2.05) is 18.2 Å². The number of anilines is 2. The number of thiazole rings is 1. The van der Waals surface area contributed by atoms with Crippen LogP contribution in [0.25, 0.3) is 0 Å². The van der Waals surface area contributed by atoms with Gasteiger partial charge in [0.05, 0.1) is 22.9 Å². The first-order valence-corrected chi connectivity index (χ1v) is 9.46. The highest BCUT2D eigenvalue weighted by Crippen LogP contribution is 2.28. The number of halogens is 1. The van der Waals surface area contributed by atoms with Crippen molar-refractivity contribution >= 4 is 40.4 Å². The van der Waals surface area contributed by atoms with Gasteiger partial charge in [0, 0.05) is 24.0 Å². The van der Waals surface area contributed by atoms with Gasteiger partial charge in [-0.05, 0) is 30.2 Å². The lowest BCUT2D eigenvalue weighted by molar-refractivity contribution is 0.0934. The second-order valence-electron chi connectivity index (χ2n) is 5.62. The minimum atomic E-state index is -0.188. The maximum Gasteiger partial charge on any atom is 0.280 e. The number of carbonyl (C=O) groups is 1. The highest BCUT2D eigenvalue weighted by Gasteiger charge is 2.18. The Morgan fingerprint density at radius 3 is 2.85 bits per heavy atom. The van der Waals surface area contributed by atoms with E-state index in [9.17, 15) is 4.79 Å². The maximum absolute atomic E-state index is 12.3. The average Bonchev–Trinajstić information content (AvgIpc) is 3.19. The van der Waals surface area contributed by atoms with Gasteiger partial charge in [0.15, 0.2) is 5.01 Å². The summed E-state index contributed by atoms with van der Waals surface area (Å²) in [7, 11) is 0. The molecule has 6 nitrogen and oxygen atoms in total. The van der Waals surface area contributed by atoms with Gasteiger partial charge < -0.3 is 10.6 Å². The molecule has 0 fully saturated rings.